The topological polar surface area (TPSA) is 34.2 Å². The molecule has 0 unspecified atom stereocenters. The van der Waals surface area contributed by atoms with Crippen molar-refractivity contribution in [3.63, 3.8) is 0 Å². The van der Waals surface area contributed by atoms with Crippen LogP contribution in [0, 0.1) is 0 Å². The quantitative estimate of drug-likeness (QED) is 0.829. The fourth-order valence-corrected chi connectivity index (χ4v) is 2.63. The molecule has 0 saturated carbocycles. The van der Waals surface area contributed by atoms with Gasteiger partial charge in [0.2, 0.25) is 0 Å². The second-order valence-electron chi connectivity index (χ2n) is 6.81. The van der Waals surface area contributed by atoms with Crippen molar-refractivity contribution in [1.82, 2.24) is 4.98 Å². The van der Waals surface area contributed by atoms with E-state index >= 15 is 0 Å². The number of benzene rings is 1. The standard InChI is InChI=1S/C17H21BFNO2/c1-11(13-10-20-14-9-7-6-8-12(13)14)15(19)18-21-16(2,3)17(4,5)22-18/h6-10,20H,1-5H3. The molecule has 1 saturated heterocycles. The molecule has 5 heteroatoms. The lowest BCUT2D eigenvalue weighted by atomic mass is 9.83. The Morgan fingerprint density at radius 1 is 1.09 bits per heavy atom. The molecule has 1 aliphatic heterocycles. The number of H-pyrrole nitrogens is 1. The zero-order valence-corrected chi connectivity index (χ0v) is 13.7. The minimum absolute atomic E-state index is 0.372. The van der Waals surface area contributed by atoms with Gasteiger partial charge >= 0.3 is 7.12 Å². The van der Waals surface area contributed by atoms with Crippen LogP contribution in [0.3, 0.4) is 0 Å². The summed E-state index contributed by atoms with van der Waals surface area (Å²) in [6.07, 6.45) is 1.82. The number of fused-ring (bicyclic) bond motifs is 1. The molecule has 2 aromatic rings. The van der Waals surface area contributed by atoms with E-state index in [-0.39, 0.29) is 5.73 Å². The number of hydrogen-bond donors (Lipinski definition) is 1. The summed E-state index contributed by atoms with van der Waals surface area (Å²) in [6.45, 7) is 9.43. The van der Waals surface area contributed by atoms with E-state index in [0.29, 0.717) is 5.57 Å². The molecule has 0 bridgehead atoms. The molecule has 116 valence electrons. The Kier molecular flexibility index (Phi) is 3.46. The highest BCUT2D eigenvalue weighted by Crippen LogP contribution is 2.40. The maximum absolute atomic E-state index is 14.9. The van der Waals surface area contributed by atoms with E-state index in [9.17, 15) is 4.39 Å². The number of rotatable bonds is 2. The van der Waals surface area contributed by atoms with Crippen LogP contribution in [0.1, 0.15) is 40.2 Å². The predicted molar refractivity (Wildman–Crippen MR) is 88.1 cm³/mol. The third kappa shape index (κ3) is 2.29. The van der Waals surface area contributed by atoms with Gasteiger partial charge in [0.1, 0.15) is 5.73 Å². The molecule has 0 aliphatic carbocycles. The van der Waals surface area contributed by atoms with Gasteiger partial charge in [0.05, 0.1) is 11.2 Å². The van der Waals surface area contributed by atoms with Crippen molar-refractivity contribution in [3.8, 4) is 0 Å². The minimum atomic E-state index is -0.960. The van der Waals surface area contributed by atoms with E-state index in [1.54, 1.807) is 6.92 Å². The summed E-state index contributed by atoms with van der Waals surface area (Å²) in [4.78, 5) is 3.16. The second-order valence-corrected chi connectivity index (χ2v) is 6.81. The molecule has 1 aliphatic rings. The fraction of sp³-hybridized carbons (Fsp3) is 0.412. The van der Waals surface area contributed by atoms with Gasteiger partial charge in [-0.05, 0) is 46.3 Å². The summed E-state index contributed by atoms with van der Waals surface area (Å²) in [5.41, 5.74) is 0.895. The van der Waals surface area contributed by atoms with Gasteiger partial charge in [-0.15, -0.1) is 0 Å². The molecule has 1 fully saturated rings. The van der Waals surface area contributed by atoms with Gasteiger partial charge in [0.15, 0.2) is 0 Å². The van der Waals surface area contributed by atoms with Gasteiger partial charge in [-0.25, -0.2) is 4.39 Å². The highest BCUT2D eigenvalue weighted by atomic mass is 19.1. The van der Waals surface area contributed by atoms with Gasteiger partial charge in [-0.1, -0.05) is 18.2 Å². The second kappa shape index (κ2) is 4.96. The van der Waals surface area contributed by atoms with Crippen LogP contribution in [0.4, 0.5) is 4.39 Å². The fourth-order valence-electron chi connectivity index (χ4n) is 2.63. The van der Waals surface area contributed by atoms with Gasteiger partial charge in [0, 0.05) is 22.7 Å². The zero-order chi connectivity index (χ0) is 16.1. The van der Waals surface area contributed by atoms with Crippen molar-refractivity contribution >= 4 is 23.6 Å². The number of aromatic amines is 1. The molecule has 0 atom stereocenters. The van der Waals surface area contributed by atoms with Crippen LogP contribution in [-0.2, 0) is 9.31 Å². The summed E-state index contributed by atoms with van der Waals surface area (Å²) in [5.74, 6) is 0. The Labute approximate surface area is 130 Å². The summed E-state index contributed by atoms with van der Waals surface area (Å²) in [6, 6.07) is 7.84. The first-order chi connectivity index (χ1) is 10.2. The molecule has 2 heterocycles. The maximum atomic E-state index is 14.9. The highest BCUT2D eigenvalue weighted by Gasteiger charge is 2.53. The van der Waals surface area contributed by atoms with E-state index in [2.05, 4.69) is 4.98 Å². The van der Waals surface area contributed by atoms with E-state index in [4.69, 9.17) is 9.31 Å². The van der Waals surface area contributed by atoms with Crippen molar-refractivity contribution in [2.45, 2.75) is 45.8 Å². The highest BCUT2D eigenvalue weighted by molar-refractivity contribution is 6.55. The SMILES string of the molecule is CC(=C(F)B1OC(C)(C)C(C)(C)O1)c1c[nH]c2ccccc12. The van der Waals surface area contributed by atoms with Gasteiger partial charge < -0.3 is 14.3 Å². The zero-order valence-electron chi connectivity index (χ0n) is 13.7. The number of para-hydroxylation sites is 1. The lowest BCUT2D eigenvalue weighted by Gasteiger charge is -2.32. The van der Waals surface area contributed by atoms with E-state index in [1.807, 2.05) is 58.2 Å². The average molecular weight is 301 g/mol. The molecule has 22 heavy (non-hydrogen) atoms. The summed E-state index contributed by atoms with van der Waals surface area (Å²) < 4.78 is 26.5. The smallest absolute Gasteiger partial charge is 0.398 e. The van der Waals surface area contributed by atoms with Gasteiger partial charge in [-0.2, -0.15) is 0 Å². The van der Waals surface area contributed by atoms with Crippen LogP contribution in [-0.4, -0.2) is 23.3 Å². The Hall–Kier alpha value is -1.59. The minimum Gasteiger partial charge on any atom is -0.398 e. The molecule has 1 N–H and O–H groups in total. The molecule has 0 amide bonds. The Bertz CT molecular complexity index is 732. The monoisotopic (exact) mass is 301 g/mol. The number of halogens is 1. The first kappa shape index (κ1) is 15.3. The number of nitrogens with one attached hydrogen (secondary N) is 1. The van der Waals surface area contributed by atoms with Crippen LogP contribution in [0.2, 0.25) is 0 Å². The lowest BCUT2D eigenvalue weighted by Crippen LogP contribution is -2.41. The third-order valence-electron chi connectivity index (χ3n) is 4.81. The maximum Gasteiger partial charge on any atom is 0.525 e. The molecular weight excluding hydrogens is 280 g/mol. The molecule has 1 aromatic carbocycles. The van der Waals surface area contributed by atoms with Crippen molar-refractivity contribution < 1.29 is 13.7 Å². The van der Waals surface area contributed by atoms with Crippen molar-refractivity contribution in [2.24, 2.45) is 0 Å². The third-order valence-corrected chi connectivity index (χ3v) is 4.81. The Morgan fingerprint density at radius 3 is 2.32 bits per heavy atom. The van der Waals surface area contributed by atoms with Crippen LogP contribution >= 0.6 is 0 Å². The van der Waals surface area contributed by atoms with Crippen molar-refractivity contribution in [3.05, 3.63) is 41.8 Å². The first-order valence-corrected chi connectivity index (χ1v) is 7.51. The van der Waals surface area contributed by atoms with Crippen LogP contribution in [0.25, 0.3) is 16.5 Å². The summed E-state index contributed by atoms with van der Waals surface area (Å²) >= 11 is 0. The molecule has 1 aromatic heterocycles. The Balaban J connectivity index is 2.00. The normalized spacial score (nSPS) is 21.3. The van der Waals surface area contributed by atoms with E-state index in [1.165, 1.54) is 0 Å². The van der Waals surface area contributed by atoms with Gasteiger partial charge in [0.25, 0.3) is 0 Å². The molecule has 0 radical (unpaired) electrons. The number of hydrogen-bond acceptors (Lipinski definition) is 2. The van der Waals surface area contributed by atoms with Crippen LogP contribution in [0.5, 0.6) is 0 Å². The summed E-state index contributed by atoms with van der Waals surface area (Å²) in [7, 11) is -0.960. The largest absolute Gasteiger partial charge is 0.525 e. The molecular formula is C17H21BFNO2. The molecule has 3 nitrogen and oxygen atoms in total. The van der Waals surface area contributed by atoms with Crippen molar-refractivity contribution in [1.29, 1.82) is 0 Å². The first-order valence-electron chi connectivity index (χ1n) is 7.51. The average Bonchev–Trinajstić information content (AvgIpc) is 2.96. The van der Waals surface area contributed by atoms with E-state index in [0.717, 1.165) is 16.5 Å². The number of allylic oxidation sites excluding steroid dienone is 1. The Morgan fingerprint density at radius 2 is 1.68 bits per heavy atom. The molecule has 0 spiro atoms. The lowest BCUT2D eigenvalue weighted by molar-refractivity contribution is 0.00578. The number of aromatic nitrogens is 1. The summed E-state index contributed by atoms with van der Waals surface area (Å²) in [5, 5.41) is 0.992. The van der Waals surface area contributed by atoms with Crippen LogP contribution in [0.15, 0.2) is 36.2 Å². The molecule has 3 rings (SSSR count). The van der Waals surface area contributed by atoms with Gasteiger partial charge in [-0.3, -0.25) is 0 Å². The van der Waals surface area contributed by atoms with Crippen LogP contribution < -0.4 is 0 Å². The predicted octanol–water partition coefficient (Wildman–Crippen LogP) is 4.50. The van der Waals surface area contributed by atoms with Crippen molar-refractivity contribution in [2.75, 3.05) is 0 Å². The van der Waals surface area contributed by atoms with E-state index < -0.39 is 18.3 Å².